The smallest absolute Gasteiger partial charge is 0.371 e. The molecule has 1 atom stereocenters. The Balaban J connectivity index is 0.00000400. The molecule has 1 aromatic heterocycles. The molecule has 2 radical (unpaired) electrons. The van der Waals surface area contributed by atoms with Crippen LogP contribution in [0.4, 0.5) is 0 Å². The van der Waals surface area contributed by atoms with E-state index >= 15 is 0 Å². The van der Waals surface area contributed by atoms with Gasteiger partial charge < -0.3 is 14.6 Å². The zero-order valence-electron chi connectivity index (χ0n) is 24.1. The second-order valence-corrected chi connectivity index (χ2v) is 11.0. The van der Waals surface area contributed by atoms with Crippen LogP contribution in [0.2, 0.25) is 0 Å². The van der Waals surface area contributed by atoms with Gasteiger partial charge in [-0.25, -0.2) is 4.79 Å². The minimum Gasteiger partial charge on any atom is -0.481 e. The summed E-state index contributed by atoms with van der Waals surface area (Å²) in [6.45, 7) is 2.23. The number of thioether (sulfide) groups is 1. The molecular weight excluding hydrogens is 546 g/mol. The molecule has 3 rings (SSSR count). The zero-order chi connectivity index (χ0) is 27.3. The first-order valence-electron chi connectivity index (χ1n) is 13.7. The first kappa shape index (κ1) is 37.0. The Labute approximate surface area is 285 Å². The van der Waals surface area contributed by atoms with E-state index in [0.29, 0.717) is 11.8 Å². The fourth-order valence-electron chi connectivity index (χ4n) is 4.71. The van der Waals surface area contributed by atoms with Gasteiger partial charge in [-0.1, -0.05) is 76.1 Å². The monoisotopic (exact) mass is 584 g/mol. The van der Waals surface area contributed by atoms with Crippen LogP contribution < -0.4 is 5.43 Å². The van der Waals surface area contributed by atoms with Crippen molar-refractivity contribution >= 4 is 93.8 Å². The van der Waals surface area contributed by atoms with Crippen LogP contribution >= 0.6 is 11.8 Å². The third-order valence-electron chi connectivity index (χ3n) is 6.75. The molecule has 0 aliphatic rings. The maximum atomic E-state index is 12.4. The largest absolute Gasteiger partial charge is 0.481 e. The molecule has 3 aromatic rings. The van der Waals surface area contributed by atoms with Crippen LogP contribution in [0.5, 0.6) is 0 Å². The Bertz CT molecular complexity index is 1280. The number of aliphatic carboxylic acids is 1. The van der Waals surface area contributed by atoms with E-state index in [9.17, 15) is 19.5 Å². The number of rotatable bonds is 17. The maximum Gasteiger partial charge on any atom is 0.371 e. The zero-order valence-corrected chi connectivity index (χ0v) is 28.9. The molecule has 0 fully saturated rings. The number of carboxylic acid groups (broad SMARTS) is 2. The summed E-state index contributed by atoms with van der Waals surface area (Å²) in [5.41, 5.74) is 2.43. The van der Waals surface area contributed by atoms with E-state index in [-0.39, 0.29) is 87.6 Å². The van der Waals surface area contributed by atoms with Crippen LogP contribution in [-0.2, 0) is 11.2 Å². The van der Waals surface area contributed by atoms with Crippen LogP contribution in [0.15, 0.2) is 62.6 Å². The normalized spacial score (nSPS) is 11.4. The molecule has 0 bridgehead atoms. The summed E-state index contributed by atoms with van der Waals surface area (Å²) in [7, 11) is 0. The van der Waals surface area contributed by atoms with Crippen molar-refractivity contribution in [3.8, 4) is 0 Å². The van der Waals surface area contributed by atoms with Gasteiger partial charge in [0.2, 0.25) is 5.76 Å². The number of carbonyl (C=O) groups is 2. The van der Waals surface area contributed by atoms with E-state index in [1.165, 1.54) is 49.7 Å². The van der Waals surface area contributed by atoms with Crippen LogP contribution in [0.1, 0.15) is 104 Å². The van der Waals surface area contributed by atoms with E-state index in [4.69, 9.17) is 9.52 Å². The number of benzene rings is 2. The predicted octanol–water partition coefficient (Wildman–Crippen LogP) is 7.50. The van der Waals surface area contributed by atoms with Gasteiger partial charge in [-0.3, -0.25) is 9.59 Å². The van der Waals surface area contributed by atoms with Crippen LogP contribution in [0, 0.1) is 0 Å². The number of fused-ring (bicyclic) bond motifs is 1. The molecule has 0 aliphatic carbocycles. The molecule has 0 spiro atoms. The van der Waals surface area contributed by atoms with Crippen molar-refractivity contribution in [1.29, 1.82) is 0 Å². The summed E-state index contributed by atoms with van der Waals surface area (Å²) < 4.78 is 5.50. The average molecular weight is 585 g/mol. The van der Waals surface area contributed by atoms with Gasteiger partial charge in [0.1, 0.15) is 5.58 Å². The van der Waals surface area contributed by atoms with E-state index in [1.54, 1.807) is 23.9 Å². The molecule has 2 aromatic carbocycles. The van der Waals surface area contributed by atoms with Gasteiger partial charge >= 0.3 is 11.9 Å². The van der Waals surface area contributed by atoms with E-state index in [0.717, 1.165) is 36.6 Å². The summed E-state index contributed by atoms with van der Waals surface area (Å²) in [4.78, 5) is 35.6. The topological polar surface area (TPSA) is 105 Å². The summed E-state index contributed by atoms with van der Waals surface area (Å²) in [6.07, 6.45) is 12.1. The van der Waals surface area contributed by atoms with Crippen molar-refractivity contribution in [3.05, 3.63) is 75.6 Å². The third kappa shape index (κ3) is 12.0. The molecule has 6 nitrogen and oxygen atoms in total. The molecule has 0 aliphatic heterocycles. The Morgan fingerprint density at radius 2 is 1.57 bits per heavy atom. The van der Waals surface area contributed by atoms with Crippen molar-refractivity contribution in [1.82, 2.24) is 0 Å². The van der Waals surface area contributed by atoms with Crippen molar-refractivity contribution < 1.29 is 24.2 Å². The van der Waals surface area contributed by atoms with Gasteiger partial charge in [0.15, 0.2) is 5.43 Å². The minimum atomic E-state index is -1.28. The number of aryl methyl sites for hydroxylation is 1. The predicted molar refractivity (Wildman–Crippen MR) is 164 cm³/mol. The van der Waals surface area contributed by atoms with Gasteiger partial charge in [0.05, 0.1) is 5.39 Å². The first-order chi connectivity index (χ1) is 18.4. The molecule has 1 unspecified atom stereocenters. The summed E-state index contributed by atoms with van der Waals surface area (Å²) in [5, 5.41) is 18.8. The van der Waals surface area contributed by atoms with Gasteiger partial charge in [-0.2, -0.15) is 0 Å². The van der Waals surface area contributed by atoms with Crippen molar-refractivity contribution in [2.75, 3.05) is 0 Å². The molecular formula is C31H38Na2O6S. The fraction of sp³-hybridized carbons (Fsp3) is 0.452. The van der Waals surface area contributed by atoms with Crippen LogP contribution in [-0.4, -0.2) is 81.3 Å². The molecule has 206 valence electrons. The summed E-state index contributed by atoms with van der Waals surface area (Å²) in [6, 6.07) is 14.8. The molecule has 1 heterocycles. The molecule has 9 heteroatoms. The van der Waals surface area contributed by atoms with Crippen LogP contribution in [0.25, 0.3) is 11.0 Å². The van der Waals surface area contributed by atoms with Crippen molar-refractivity contribution in [3.63, 3.8) is 0 Å². The Kier molecular flexibility index (Phi) is 18.4. The SMILES string of the molecule is CCCCCCCCCc1ccccc1C(CCCCC(=O)O)Sc1ccc2c(=O)cc(C(=O)O)oc2c1.[Na].[Na]. The Hall–Kier alpha value is -1.06. The molecule has 40 heavy (non-hydrogen) atoms. The summed E-state index contributed by atoms with van der Waals surface area (Å²) in [5.74, 6) is -2.44. The number of hydrogen-bond acceptors (Lipinski definition) is 5. The van der Waals surface area contributed by atoms with Crippen LogP contribution in [0.3, 0.4) is 0 Å². The standard InChI is InChI=1S/C31H38O6S.2Na/c1-2-3-4-5-6-7-8-13-22-14-9-10-15-24(22)29(16-11-12-17-30(33)34)38-23-18-19-25-26(32)21-28(31(35)36)37-27(25)20-23;;/h9-10,14-15,18-21,29H,2-8,11-13,16-17H2,1H3,(H,33,34)(H,35,36);;. The van der Waals surface area contributed by atoms with Crippen molar-refractivity contribution in [2.45, 2.75) is 94.1 Å². The van der Waals surface area contributed by atoms with E-state index in [2.05, 4.69) is 25.1 Å². The molecule has 0 saturated carbocycles. The number of hydrogen-bond donors (Lipinski definition) is 2. The number of aromatic carboxylic acids is 1. The quantitative estimate of drug-likeness (QED) is 0.0962. The molecule has 0 amide bonds. The van der Waals surface area contributed by atoms with E-state index in [1.807, 2.05) is 12.1 Å². The summed E-state index contributed by atoms with van der Waals surface area (Å²) >= 11 is 1.65. The third-order valence-corrected chi connectivity index (χ3v) is 8.05. The van der Waals surface area contributed by atoms with Gasteiger partial charge in [-0.05, 0) is 55.0 Å². The number of unbranched alkanes of at least 4 members (excludes halogenated alkanes) is 7. The minimum absolute atomic E-state index is 0. The maximum absolute atomic E-state index is 12.4. The fourth-order valence-corrected chi connectivity index (χ4v) is 6.00. The van der Waals surface area contributed by atoms with E-state index < -0.39 is 11.9 Å². The number of carboxylic acids is 2. The average Bonchev–Trinajstić information content (AvgIpc) is 2.89. The van der Waals surface area contributed by atoms with Gasteiger partial charge in [0, 0.05) is 81.7 Å². The Morgan fingerprint density at radius 3 is 2.27 bits per heavy atom. The molecule has 2 N–H and O–H groups in total. The van der Waals surface area contributed by atoms with Gasteiger partial charge in [0.25, 0.3) is 0 Å². The Morgan fingerprint density at radius 1 is 0.875 bits per heavy atom. The second-order valence-electron chi connectivity index (χ2n) is 9.75. The molecule has 0 saturated heterocycles. The first-order valence-corrected chi connectivity index (χ1v) is 14.5. The van der Waals surface area contributed by atoms with Crippen molar-refractivity contribution in [2.24, 2.45) is 0 Å². The van der Waals surface area contributed by atoms with Gasteiger partial charge in [-0.15, -0.1) is 11.8 Å². The second kappa shape index (κ2) is 20.0.